The van der Waals surface area contributed by atoms with Gasteiger partial charge in [-0.15, -0.1) is 0 Å². The third kappa shape index (κ3) is 1.48. The van der Waals surface area contributed by atoms with E-state index in [1.807, 2.05) is 0 Å². The molecule has 0 N–H and O–H groups in total. The fraction of sp³-hybridized carbons (Fsp3) is 1.00. The first-order chi connectivity index (χ1) is 7.61. The molecule has 0 aromatic rings. The Morgan fingerprint density at radius 3 is 2.31 bits per heavy atom. The summed E-state index contributed by atoms with van der Waals surface area (Å²) < 4.78 is 0. The number of hydrogen-bond acceptors (Lipinski definition) is 0. The lowest BCUT2D eigenvalue weighted by Gasteiger charge is -2.40. The maximum atomic E-state index is 2.56. The van der Waals surface area contributed by atoms with Crippen LogP contribution in [0.1, 0.15) is 53.4 Å². The summed E-state index contributed by atoms with van der Waals surface area (Å²) in [6.07, 6.45) is 6.01. The minimum absolute atomic E-state index is 0.898. The van der Waals surface area contributed by atoms with Crippen LogP contribution in [0.15, 0.2) is 0 Å². The Morgan fingerprint density at radius 1 is 1.00 bits per heavy atom. The highest BCUT2D eigenvalue weighted by molar-refractivity contribution is 5.20. The van der Waals surface area contributed by atoms with Gasteiger partial charge in [0.1, 0.15) is 0 Å². The topological polar surface area (TPSA) is 0 Å². The molecule has 0 amide bonds. The van der Waals surface area contributed by atoms with Crippen molar-refractivity contribution in [2.45, 2.75) is 53.4 Å². The van der Waals surface area contributed by atoms with Crippen molar-refractivity contribution in [3.63, 3.8) is 0 Å². The van der Waals surface area contributed by atoms with Crippen LogP contribution in [0.25, 0.3) is 0 Å². The number of hydrogen-bond donors (Lipinski definition) is 0. The molecule has 0 aromatic carbocycles. The molecule has 3 saturated carbocycles. The molecule has 0 aliphatic heterocycles. The van der Waals surface area contributed by atoms with E-state index in [1.54, 1.807) is 6.42 Å². The summed E-state index contributed by atoms with van der Waals surface area (Å²) in [7, 11) is 0. The van der Waals surface area contributed by atoms with E-state index in [4.69, 9.17) is 0 Å². The minimum atomic E-state index is 0.898. The Kier molecular flexibility index (Phi) is 2.60. The average Bonchev–Trinajstić information content (AvgIpc) is 2.70. The van der Waals surface area contributed by atoms with Gasteiger partial charge in [0.15, 0.2) is 0 Å². The zero-order valence-electron chi connectivity index (χ0n) is 11.4. The molecule has 3 aliphatic rings. The lowest BCUT2D eigenvalue weighted by atomic mass is 9.65. The molecule has 0 aromatic heterocycles. The predicted molar refractivity (Wildman–Crippen MR) is 69.1 cm³/mol. The molecule has 7 unspecified atom stereocenters. The third-order valence-corrected chi connectivity index (χ3v) is 6.14. The molecule has 0 bridgehead atoms. The van der Waals surface area contributed by atoms with Gasteiger partial charge in [0, 0.05) is 0 Å². The molecule has 3 rings (SSSR count). The van der Waals surface area contributed by atoms with Crippen LogP contribution >= 0.6 is 0 Å². The molecule has 0 saturated heterocycles. The summed E-state index contributed by atoms with van der Waals surface area (Å²) in [5.74, 6) is 8.85. The van der Waals surface area contributed by atoms with Crippen LogP contribution in [0.4, 0.5) is 0 Å². The van der Waals surface area contributed by atoms with Crippen LogP contribution in [0.3, 0.4) is 0 Å². The van der Waals surface area contributed by atoms with Crippen LogP contribution in [-0.4, -0.2) is 0 Å². The molecular formula is C16H28. The summed E-state index contributed by atoms with van der Waals surface area (Å²) in [6, 6.07) is 0. The molecule has 0 heterocycles. The van der Waals surface area contributed by atoms with E-state index in [9.17, 15) is 0 Å². The van der Waals surface area contributed by atoms with Crippen LogP contribution < -0.4 is 0 Å². The molecule has 92 valence electrons. The molecule has 0 heteroatoms. The third-order valence-electron chi connectivity index (χ3n) is 6.14. The van der Waals surface area contributed by atoms with E-state index in [0.29, 0.717) is 0 Å². The van der Waals surface area contributed by atoms with Crippen LogP contribution in [0, 0.1) is 47.3 Å². The maximum Gasteiger partial charge on any atom is -0.0318 e. The average molecular weight is 220 g/mol. The van der Waals surface area contributed by atoms with E-state index in [2.05, 4.69) is 27.7 Å². The van der Waals surface area contributed by atoms with E-state index in [1.165, 1.54) is 42.9 Å². The first-order valence-corrected chi connectivity index (χ1v) is 7.61. The second-order valence-electron chi connectivity index (χ2n) is 7.46. The van der Waals surface area contributed by atoms with Crippen molar-refractivity contribution in [1.29, 1.82) is 0 Å². The van der Waals surface area contributed by atoms with Crippen molar-refractivity contribution in [2.24, 2.45) is 47.3 Å². The Labute approximate surface area is 101 Å². The smallest absolute Gasteiger partial charge is 0.0318 e. The molecule has 3 fully saturated rings. The zero-order chi connectivity index (χ0) is 11.4. The van der Waals surface area contributed by atoms with Gasteiger partial charge in [-0.3, -0.25) is 0 Å². The Bertz CT molecular complexity index is 265. The van der Waals surface area contributed by atoms with Crippen molar-refractivity contribution in [3.05, 3.63) is 0 Å². The lowest BCUT2D eigenvalue weighted by molar-refractivity contribution is 0.0889. The van der Waals surface area contributed by atoms with Gasteiger partial charge in [-0.1, -0.05) is 47.0 Å². The lowest BCUT2D eigenvalue weighted by Crippen LogP contribution is -2.33. The van der Waals surface area contributed by atoms with Crippen molar-refractivity contribution in [3.8, 4) is 0 Å². The normalized spacial score (nSPS) is 50.1. The van der Waals surface area contributed by atoms with Gasteiger partial charge in [-0.05, 0) is 53.8 Å². The molecule has 16 heavy (non-hydrogen) atoms. The zero-order valence-corrected chi connectivity index (χ0v) is 11.4. The molecular weight excluding hydrogens is 192 g/mol. The highest BCUT2D eigenvalue weighted by atomic mass is 14.8. The Morgan fingerprint density at radius 2 is 1.75 bits per heavy atom. The van der Waals surface area contributed by atoms with E-state index in [-0.39, 0.29) is 0 Å². The van der Waals surface area contributed by atoms with Gasteiger partial charge in [0.2, 0.25) is 0 Å². The second kappa shape index (κ2) is 3.75. The van der Waals surface area contributed by atoms with E-state index < -0.39 is 0 Å². The van der Waals surface area contributed by atoms with Gasteiger partial charge in [-0.2, -0.15) is 0 Å². The predicted octanol–water partition coefficient (Wildman–Crippen LogP) is 4.60. The van der Waals surface area contributed by atoms with Crippen LogP contribution in [0.5, 0.6) is 0 Å². The summed E-state index contributed by atoms with van der Waals surface area (Å²) in [4.78, 5) is 0. The van der Waals surface area contributed by atoms with Gasteiger partial charge >= 0.3 is 0 Å². The van der Waals surface area contributed by atoms with E-state index in [0.717, 1.165) is 23.7 Å². The molecule has 0 spiro atoms. The molecule has 7 atom stereocenters. The largest absolute Gasteiger partial charge is 0.0628 e. The number of rotatable bonds is 5. The monoisotopic (exact) mass is 220 g/mol. The summed E-state index contributed by atoms with van der Waals surface area (Å²) in [5, 5.41) is 0. The highest BCUT2D eigenvalue weighted by Gasteiger charge is 2.72. The van der Waals surface area contributed by atoms with Crippen LogP contribution in [0.2, 0.25) is 0 Å². The van der Waals surface area contributed by atoms with E-state index >= 15 is 0 Å². The fourth-order valence-electron chi connectivity index (χ4n) is 5.40. The highest BCUT2D eigenvalue weighted by Crippen LogP contribution is 2.77. The Balaban J connectivity index is 1.49. The van der Waals surface area contributed by atoms with Gasteiger partial charge in [0.05, 0.1) is 0 Å². The SMILES string of the molecule is CC(C)CCCC(C)C1C(C)C2C3CC1C32. The first kappa shape index (κ1) is 11.1. The standard InChI is InChI=1S/C16H28/c1-9(2)6-5-7-10(3)14-11(4)15-13-8-12(14)16(13)15/h9-16H,5-8H2,1-4H3. The molecule has 0 radical (unpaired) electrons. The summed E-state index contributed by atoms with van der Waals surface area (Å²) >= 11 is 0. The van der Waals surface area contributed by atoms with Crippen molar-refractivity contribution >= 4 is 0 Å². The molecule has 3 aliphatic carbocycles. The maximum absolute atomic E-state index is 2.56. The minimum Gasteiger partial charge on any atom is -0.0628 e. The first-order valence-electron chi connectivity index (χ1n) is 7.61. The fourth-order valence-corrected chi connectivity index (χ4v) is 5.40. The number of fused-ring (bicyclic) bond motifs is 1. The molecule has 0 nitrogen and oxygen atoms in total. The summed E-state index contributed by atoms with van der Waals surface area (Å²) in [5.41, 5.74) is 0. The quantitative estimate of drug-likeness (QED) is 0.635. The second-order valence-corrected chi connectivity index (χ2v) is 7.46. The van der Waals surface area contributed by atoms with Crippen molar-refractivity contribution < 1.29 is 0 Å². The van der Waals surface area contributed by atoms with Gasteiger partial charge < -0.3 is 0 Å². The van der Waals surface area contributed by atoms with Gasteiger partial charge in [0.25, 0.3) is 0 Å². The summed E-state index contributed by atoms with van der Waals surface area (Å²) in [6.45, 7) is 9.81. The Hall–Kier alpha value is 0. The van der Waals surface area contributed by atoms with Crippen molar-refractivity contribution in [2.75, 3.05) is 0 Å². The van der Waals surface area contributed by atoms with Crippen molar-refractivity contribution in [1.82, 2.24) is 0 Å². The van der Waals surface area contributed by atoms with Crippen LogP contribution in [-0.2, 0) is 0 Å². The van der Waals surface area contributed by atoms with Gasteiger partial charge in [-0.25, -0.2) is 0 Å².